The summed E-state index contributed by atoms with van der Waals surface area (Å²) in [6.07, 6.45) is 4.92. The van der Waals surface area contributed by atoms with Crippen LogP contribution in [0.2, 0.25) is 0 Å². The summed E-state index contributed by atoms with van der Waals surface area (Å²) >= 11 is 0. The van der Waals surface area contributed by atoms with Crippen LogP contribution in [0.1, 0.15) is 0 Å². The Kier molecular flexibility index (Phi) is 4.17. The van der Waals surface area contributed by atoms with E-state index >= 15 is 0 Å². The molecule has 0 aliphatic carbocycles. The SMILES string of the molecule is COC(=O)Nc1cnn(CC(=O)Nc2cncnc2)n1. The number of methoxy groups -OCH3 is 1. The van der Waals surface area contributed by atoms with E-state index in [0.29, 0.717) is 5.69 Å². The number of carbonyl (C=O) groups excluding carboxylic acids is 2. The van der Waals surface area contributed by atoms with Crippen LogP contribution in [0.5, 0.6) is 0 Å². The van der Waals surface area contributed by atoms with Gasteiger partial charge in [-0.2, -0.15) is 9.90 Å². The monoisotopic (exact) mass is 277 g/mol. The molecule has 0 saturated heterocycles. The maximum atomic E-state index is 11.7. The van der Waals surface area contributed by atoms with Crippen LogP contribution in [-0.4, -0.2) is 44.1 Å². The number of amides is 2. The molecule has 2 rings (SSSR count). The van der Waals surface area contributed by atoms with Crippen molar-refractivity contribution in [1.29, 1.82) is 0 Å². The van der Waals surface area contributed by atoms with Gasteiger partial charge in [-0.1, -0.05) is 0 Å². The standard InChI is InChI=1S/C10H11N7O3/c1-20-10(19)15-8-4-13-17(16-8)5-9(18)14-7-2-11-6-12-3-7/h2-4,6H,5H2,1H3,(H,14,18)(H,15,16,19). The third-order valence-electron chi connectivity index (χ3n) is 2.08. The molecule has 0 atom stereocenters. The first-order valence-electron chi connectivity index (χ1n) is 5.47. The van der Waals surface area contributed by atoms with Crippen molar-refractivity contribution in [2.45, 2.75) is 6.54 Å². The highest BCUT2D eigenvalue weighted by molar-refractivity contribution is 5.90. The topological polar surface area (TPSA) is 124 Å². The molecule has 2 amide bonds. The lowest BCUT2D eigenvalue weighted by molar-refractivity contribution is -0.117. The zero-order valence-corrected chi connectivity index (χ0v) is 10.5. The molecule has 0 saturated carbocycles. The summed E-state index contributed by atoms with van der Waals surface area (Å²) in [5.41, 5.74) is 0.470. The summed E-state index contributed by atoms with van der Waals surface area (Å²) in [6.45, 7) is -0.113. The van der Waals surface area contributed by atoms with Crippen molar-refractivity contribution in [2.24, 2.45) is 0 Å². The highest BCUT2D eigenvalue weighted by Gasteiger charge is 2.08. The van der Waals surface area contributed by atoms with Crippen molar-refractivity contribution < 1.29 is 14.3 Å². The maximum Gasteiger partial charge on any atom is 0.412 e. The van der Waals surface area contributed by atoms with E-state index in [1.165, 1.54) is 32.0 Å². The third kappa shape index (κ3) is 3.73. The Morgan fingerprint density at radius 2 is 2.00 bits per heavy atom. The number of hydrogen-bond donors (Lipinski definition) is 2. The fourth-order valence-corrected chi connectivity index (χ4v) is 1.28. The molecule has 0 fully saturated rings. The first-order valence-corrected chi connectivity index (χ1v) is 5.47. The first kappa shape index (κ1) is 13.4. The molecular weight excluding hydrogens is 266 g/mol. The van der Waals surface area contributed by atoms with Gasteiger partial charge in [-0.3, -0.25) is 10.1 Å². The second-order valence-corrected chi connectivity index (χ2v) is 3.55. The molecule has 0 aliphatic heterocycles. The Hall–Kier alpha value is -3.04. The average Bonchev–Trinajstić information content (AvgIpc) is 2.86. The molecule has 0 unspecified atom stereocenters. The zero-order chi connectivity index (χ0) is 14.4. The molecule has 2 aromatic heterocycles. The van der Waals surface area contributed by atoms with E-state index in [2.05, 4.69) is 35.5 Å². The van der Waals surface area contributed by atoms with E-state index in [1.54, 1.807) is 0 Å². The second-order valence-electron chi connectivity index (χ2n) is 3.55. The zero-order valence-electron chi connectivity index (χ0n) is 10.5. The molecular formula is C10H11N7O3. The second kappa shape index (κ2) is 6.22. The maximum absolute atomic E-state index is 11.7. The van der Waals surface area contributed by atoms with Crippen molar-refractivity contribution in [3.63, 3.8) is 0 Å². The van der Waals surface area contributed by atoms with Crippen molar-refractivity contribution in [3.8, 4) is 0 Å². The summed E-state index contributed by atoms with van der Waals surface area (Å²) in [7, 11) is 1.23. The minimum absolute atomic E-state index is 0.113. The minimum Gasteiger partial charge on any atom is -0.453 e. The van der Waals surface area contributed by atoms with Crippen molar-refractivity contribution >= 4 is 23.5 Å². The van der Waals surface area contributed by atoms with Crippen molar-refractivity contribution in [3.05, 3.63) is 24.9 Å². The van der Waals surface area contributed by atoms with Crippen LogP contribution in [0.25, 0.3) is 0 Å². The van der Waals surface area contributed by atoms with Gasteiger partial charge in [0.25, 0.3) is 0 Å². The number of hydrogen-bond acceptors (Lipinski definition) is 7. The van der Waals surface area contributed by atoms with Crippen molar-refractivity contribution in [2.75, 3.05) is 17.7 Å². The number of carbonyl (C=O) groups is 2. The molecule has 0 radical (unpaired) electrons. The van der Waals surface area contributed by atoms with Gasteiger partial charge in [0.1, 0.15) is 12.9 Å². The van der Waals surface area contributed by atoms with Gasteiger partial charge in [-0.15, -0.1) is 5.10 Å². The van der Waals surface area contributed by atoms with Crippen LogP contribution in [0.15, 0.2) is 24.9 Å². The molecule has 0 aliphatic rings. The Labute approximate surface area is 113 Å². The fraction of sp³-hybridized carbons (Fsp3) is 0.200. The number of aromatic nitrogens is 5. The van der Waals surface area contributed by atoms with Gasteiger partial charge in [0.15, 0.2) is 5.82 Å². The highest BCUT2D eigenvalue weighted by atomic mass is 16.5. The molecule has 0 bridgehead atoms. The quantitative estimate of drug-likeness (QED) is 0.798. The van der Waals surface area contributed by atoms with Gasteiger partial charge in [-0.05, 0) is 0 Å². The van der Waals surface area contributed by atoms with Gasteiger partial charge in [-0.25, -0.2) is 14.8 Å². The molecule has 2 aromatic rings. The number of anilines is 2. The average molecular weight is 277 g/mol. The smallest absolute Gasteiger partial charge is 0.412 e. The highest BCUT2D eigenvalue weighted by Crippen LogP contribution is 2.02. The molecule has 0 aromatic carbocycles. The number of rotatable bonds is 4. The van der Waals surface area contributed by atoms with Gasteiger partial charge in [0, 0.05) is 0 Å². The van der Waals surface area contributed by atoms with Gasteiger partial charge in [0.05, 0.1) is 31.4 Å². The lowest BCUT2D eigenvalue weighted by Gasteiger charge is -2.03. The fourth-order valence-electron chi connectivity index (χ4n) is 1.28. The van der Waals surface area contributed by atoms with Gasteiger partial charge in [0.2, 0.25) is 5.91 Å². The minimum atomic E-state index is -0.664. The number of ether oxygens (including phenoxy) is 1. The van der Waals surface area contributed by atoms with Crippen LogP contribution in [0.3, 0.4) is 0 Å². The molecule has 2 heterocycles. The number of nitrogens with one attached hydrogen (secondary N) is 2. The van der Waals surface area contributed by atoms with Crippen molar-refractivity contribution in [1.82, 2.24) is 25.0 Å². The molecule has 0 spiro atoms. The van der Waals surface area contributed by atoms with E-state index in [1.807, 2.05) is 0 Å². The summed E-state index contributed by atoms with van der Waals surface area (Å²) < 4.78 is 4.40. The summed E-state index contributed by atoms with van der Waals surface area (Å²) in [6, 6.07) is 0. The van der Waals surface area contributed by atoms with E-state index in [9.17, 15) is 9.59 Å². The van der Waals surface area contributed by atoms with Gasteiger partial charge >= 0.3 is 6.09 Å². The summed E-state index contributed by atoms with van der Waals surface area (Å²) in [4.78, 5) is 31.3. The van der Waals surface area contributed by atoms with Crippen LogP contribution in [-0.2, 0) is 16.1 Å². The van der Waals surface area contributed by atoms with Crippen LogP contribution in [0.4, 0.5) is 16.3 Å². The van der Waals surface area contributed by atoms with Crippen LogP contribution < -0.4 is 10.6 Å². The molecule has 20 heavy (non-hydrogen) atoms. The van der Waals surface area contributed by atoms with E-state index in [0.717, 1.165) is 4.80 Å². The lowest BCUT2D eigenvalue weighted by atomic mass is 10.5. The van der Waals surface area contributed by atoms with Crippen LogP contribution >= 0.6 is 0 Å². The Morgan fingerprint density at radius 3 is 2.70 bits per heavy atom. The van der Waals surface area contributed by atoms with Gasteiger partial charge < -0.3 is 10.1 Å². The third-order valence-corrected chi connectivity index (χ3v) is 2.08. The summed E-state index contributed by atoms with van der Waals surface area (Å²) in [5.74, 6) is -0.160. The predicted molar refractivity (Wildman–Crippen MR) is 66.7 cm³/mol. The molecule has 10 nitrogen and oxygen atoms in total. The predicted octanol–water partition coefficient (Wildman–Crippen LogP) is -0.115. The molecule has 104 valence electrons. The number of nitrogens with zero attached hydrogens (tertiary/aromatic N) is 5. The molecule has 2 N–H and O–H groups in total. The largest absolute Gasteiger partial charge is 0.453 e. The Morgan fingerprint density at radius 1 is 1.25 bits per heavy atom. The van der Waals surface area contributed by atoms with E-state index < -0.39 is 6.09 Å². The van der Waals surface area contributed by atoms with E-state index in [4.69, 9.17) is 0 Å². The Bertz CT molecular complexity index is 598. The van der Waals surface area contributed by atoms with Crippen LogP contribution in [0, 0.1) is 0 Å². The normalized spacial score (nSPS) is 9.85. The molecule has 10 heteroatoms. The summed E-state index contributed by atoms with van der Waals surface area (Å²) in [5, 5.41) is 12.6. The first-order chi connectivity index (χ1) is 9.67. The lowest BCUT2D eigenvalue weighted by Crippen LogP contribution is -2.20. The van der Waals surface area contributed by atoms with E-state index in [-0.39, 0.29) is 18.3 Å². The Balaban J connectivity index is 1.90.